The summed E-state index contributed by atoms with van der Waals surface area (Å²) in [7, 11) is 1.29. The molecule has 92 valence electrons. The normalized spacial score (nSPS) is 10.1. The van der Waals surface area contributed by atoms with Crippen molar-refractivity contribution in [1.82, 2.24) is 4.57 Å². The van der Waals surface area contributed by atoms with Crippen molar-refractivity contribution in [2.24, 2.45) is 0 Å². The van der Waals surface area contributed by atoms with Gasteiger partial charge in [0.2, 0.25) is 0 Å². The smallest absolute Gasteiger partial charge is 0.339 e. The van der Waals surface area contributed by atoms with Crippen molar-refractivity contribution in [1.29, 1.82) is 0 Å². The molecule has 0 aliphatic heterocycles. The lowest BCUT2D eigenvalue weighted by Crippen LogP contribution is -2.04. The molecule has 4 nitrogen and oxygen atoms in total. The van der Waals surface area contributed by atoms with Gasteiger partial charge in [-0.25, -0.2) is 4.79 Å². The molecular formula is C13H10ClNO3. The molecule has 0 unspecified atom stereocenters. The molecule has 1 aromatic carbocycles. The van der Waals surface area contributed by atoms with E-state index < -0.39 is 5.97 Å². The minimum Gasteiger partial charge on any atom is -0.465 e. The lowest BCUT2D eigenvalue weighted by atomic mass is 10.2. The van der Waals surface area contributed by atoms with Gasteiger partial charge in [0, 0.05) is 11.9 Å². The number of carbonyl (C=O) groups excluding carboxylic acids is 2. The number of hydrogen-bond acceptors (Lipinski definition) is 3. The Kier molecular flexibility index (Phi) is 3.48. The lowest BCUT2D eigenvalue weighted by molar-refractivity contribution is 0.0601. The van der Waals surface area contributed by atoms with Crippen molar-refractivity contribution in [2.45, 2.75) is 0 Å². The molecule has 0 fully saturated rings. The van der Waals surface area contributed by atoms with E-state index in [2.05, 4.69) is 4.74 Å². The van der Waals surface area contributed by atoms with Crippen LogP contribution in [0.5, 0.6) is 0 Å². The minimum absolute atomic E-state index is 0.282. The average molecular weight is 264 g/mol. The summed E-state index contributed by atoms with van der Waals surface area (Å²) in [6.07, 6.45) is 2.50. The molecule has 0 saturated heterocycles. The van der Waals surface area contributed by atoms with Gasteiger partial charge in [0.15, 0.2) is 6.29 Å². The second-order valence-electron chi connectivity index (χ2n) is 3.58. The van der Waals surface area contributed by atoms with Crippen LogP contribution < -0.4 is 0 Å². The van der Waals surface area contributed by atoms with Crippen molar-refractivity contribution in [3.63, 3.8) is 0 Å². The third-order valence-electron chi connectivity index (χ3n) is 2.54. The molecular weight excluding hydrogens is 254 g/mol. The second kappa shape index (κ2) is 5.06. The summed E-state index contributed by atoms with van der Waals surface area (Å²) in [5, 5.41) is 0.282. The van der Waals surface area contributed by atoms with Crippen molar-refractivity contribution < 1.29 is 14.3 Å². The first-order chi connectivity index (χ1) is 8.67. The Morgan fingerprint density at radius 1 is 1.39 bits per heavy atom. The molecule has 0 spiro atoms. The van der Waals surface area contributed by atoms with Gasteiger partial charge < -0.3 is 9.30 Å². The summed E-state index contributed by atoms with van der Waals surface area (Å²) in [4.78, 5) is 22.2. The Hall–Kier alpha value is -2.07. The van der Waals surface area contributed by atoms with E-state index in [1.54, 1.807) is 41.1 Å². The van der Waals surface area contributed by atoms with E-state index in [0.717, 1.165) is 6.29 Å². The number of benzene rings is 1. The molecule has 0 aliphatic carbocycles. The number of hydrogen-bond donors (Lipinski definition) is 0. The molecule has 2 aromatic rings. The van der Waals surface area contributed by atoms with E-state index in [9.17, 15) is 9.59 Å². The second-order valence-corrected chi connectivity index (χ2v) is 3.98. The highest BCUT2D eigenvalue weighted by atomic mass is 35.5. The first-order valence-electron chi connectivity index (χ1n) is 5.18. The minimum atomic E-state index is -0.491. The fraction of sp³-hybridized carbons (Fsp3) is 0.0769. The predicted octanol–water partition coefficient (Wildman–Crippen LogP) is 2.73. The highest BCUT2D eigenvalue weighted by Gasteiger charge is 2.12. The zero-order valence-electron chi connectivity index (χ0n) is 9.59. The van der Waals surface area contributed by atoms with Gasteiger partial charge in [-0.15, -0.1) is 0 Å². The van der Waals surface area contributed by atoms with E-state index >= 15 is 0 Å². The standard InChI is InChI=1S/C13H10ClNO3/c1-18-13(17)11-5-4-9(7-12(11)14)15-6-2-3-10(15)8-16/h2-8H,1H3. The van der Waals surface area contributed by atoms with Crippen LogP contribution in [0, 0.1) is 0 Å². The van der Waals surface area contributed by atoms with Gasteiger partial charge in [-0.05, 0) is 30.3 Å². The highest BCUT2D eigenvalue weighted by Crippen LogP contribution is 2.22. The zero-order valence-corrected chi connectivity index (χ0v) is 10.3. The number of rotatable bonds is 3. The van der Waals surface area contributed by atoms with E-state index in [4.69, 9.17) is 11.6 Å². The van der Waals surface area contributed by atoms with Gasteiger partial charge in [0.25, 0.3) is 0 Å². The van der Waals surface area contributed by atoms with E-state index in [-0.39, 0.29) is 5.02 Å². The highest BCUT2D eigenvalue weighted by molar-refractivity contribution is 6.33. The number of halogens is 1. The summed E-state index contributed by atoms with van der Waals surface area (Å²) in [5.41, 5.74) is 1.51. The maximum Gasteiger partial charge on any atom is 0.339 e. The first-order valence-corrected chi connectivity index (χ1v) is 5.56. The molecule has 0 radical (unpaired) electrons. The molecule has 0 atom stereocenters. The maximum atomic E-state index is 11.4. The van der Waals surface area contributed by atoms with Gasteiger partial charge in [-0.3, -0.25) is 4.79 Å². The quantitative estimate of drug-likeness (QED) is 0.632. The number of ether oxygens (including phenoxy) is 1. The zero-order chi connectivity index (χ0) is 13.1. The summed E-state index contributed by atoms with van der Waals surface area (Å²) in [5.74, 6) is -0.491. The number of methoxy groups -OCH3 is 1. The molecule has 18 heavy (non-hydrogen) atoms. The molecule has 0 saturated carbocycles. The van der Waals surface area contributed by atoms with Crippen LogP contribution in [0.3, 0.4) is 0 Å². The number of aromatic nitrogens is 1. The van der Waals surface area contributed by atoms with Crippen LogP contribution in [-0.2, 0) is 4.74 Å². The van der Waals surface area contributed by atoms with Crippen LogP contribution in [0.4, 0.5) is 0 Å². The predicted molar refractivity (Wildman–Crippen MR) is 67.5 cm³/mol. The summed E-state index contributed by atoms with van der Waals surface area (Å²) < 4.78 is 6.29. The SMILES string of the molecule is COC(=O)c1ccc(-n2cccc2C=O)cc1Cl. The monoisotopic (exact) mass is 263 g/mol. The van der Waals surface area contributed by atoms with Gasteiger partial charge in [-0.1, -0.05) is 11.6 Å². The average Bonchev–Trinajstić information content (AvgIpc) is 2.86. The van der Waals surface area contributed by atoms with Crippen molar-refractivity contribution in [2.75, 3.05) is 7.11 Å². The van der Waals surface area contributed by atoms with Crippen LogP contribution in [0.25, 0.3) is 5.69 Å². The van der Waals surface area contributed by atoms with Crippen LogP contribution in [0.15, 0.2) is 36.5 Å². The van der Waals surface area contributed by atoms with E-state index in [1.807, 2.05) is 0 Å². The molecule has 1 aromatic heterocycles. The third kappa shape index (κ3) is 2.15. The van der Waals surface area contributed by atoms with Gasteiger partial charge >= 0.3 is 5.97 Å². The van der Waals surface area contributed by atoms with Crippen LogP contribution >= 0.6 is 11.6 Å². The largest absolute Gasteiger partial charge is 0.465 e. The van der Waals surface area contributed by atoms with Crippen molar-refractivity contribution in [3.05, 3.63) is 52.8 Å². The summed E-state index contributed by atoms with van der Waals surface area (Å²) in [6, 6.07) is 8.32. The van der Waals surface area contributed by atoms with Crippen LogP contribution in [-0.4, -0.2) is 23.9 Å². The van der Waals surface area contributed by atoms with Crippen molar-refractivity contribution in [3.8, 4) is 5.69 Å². The van der Waals surface area contributed by atoms with Gasteiger partial charge in [-0.2, -0.15) is 0 Å². The topological polar surface area (TPSA) is 48.3 Å². The Balaban J connectivity index is 2.46. The van der Waals surface area contributed by atoms with Crippen LogP contribution in [0.1, 0.15) is 20.8 Å². The summed E-state index contributed by atoms with van der Waals surface area (Å²) >= 11 is 6.01. The molecule has 5 heteroatoms. The molecule has 1 heterocycles. The van der Waals surface area contributed by atoms with Crippen molar-refractivity contribution >= 4 is 23.9 Å². The fourth-order valence-electron chi connectivity index (χ4n) is 1.65. The first kappa shape index (κ1) is 12.4. The Morgan fingerprint density at radius 2 is 2.17 bits per heavy atom. The Bertz CT molecular complexity index is 604. The molecule has 2 rings (SSSR count). The summed E-state index contributed by atoms with van der Waals surface area (Å²) in [6.45, 7) is 0. The Morgan fingerprint density at radius 3 is 2.78 bits per heavy atom. The Labute approximate surface area is 109 Å². The lowest BCUT2D eigenvalue weighted by Gasteiger charge is -2.08. The number of esters is 1. The molecule has 0 amide bonds. The van der Waals surface area contributed by atoms with Gasteiger partial charge in [0.05, 0.1) is 23.4 Å². The van der Waals surface area contributed by atoms with E-state index in [1.165, 1.54) is 7.11 Å². The maximum absolute atomic E-state index is 11.4. The molecule has 0 aliphatic rings. The van der Waals surface area contributed by atoms with Gasteiger partial charge in [0.1, 0.15) is 0 Å². The van der Waals surface area contributed by atoms with Crippen LogP contribution in [0.2, 0.25) is 5.02 Å². The molecule has 0 bridgehead atoms. The third-order valence-corrected chi connectivity index (χ3v) is 2.85. The van der Waals surface area contributed by atoms with E-state index in [0.29, 0.717) is 16.9 Å². The molecule has 0 N–H and O–H groups in total. The number of carbonyl (C=O) groups is 2. The number of nitrogens with zero attached hydrogens (tertiary/aromatic N) is 1. The fourth-order valence-corrected chi connectivity index (χ4v) is 1.91. The number of aldehydes is 1.